The Hall–Kier alpha value is -1.56. The zero-order chi connectivity index (χ0) is 15.5. The van der Waals surface area contributed by atoms with Crippen molar-refractivity contribution >= 4 is 29.3 Å². The van der Waals surface area contributed by atoms with Crippen molar-refractivity contribution in [2.75, 3.05) is 19.6 Å². The lowest BCUT2D eigenvalue weighted by molar-refractivity contribution is 0.0643. The summed E-state index contributed by atoms with van der Waals surface area (Å²) in [6.07, 6.45) is 0.102. The summed E-state index contributed by atoms with van der Waals surface area (Å²) in [5, 5.41) is 7.10. The number of amides is 1. The van der Waals surface area contributed by atoms with Crippen LogP contribution < -0.4 is 10.6 Å². The minimum absolute atomic E-state index is 0. The van der Waals surface area contributed by atoms with E-state index in [1.54, 1.807) is 0 Å². The van der Waals surface area contributed by atoms with Crippen molar-refractivity contribution in [3.8, 4) is 0 Å². The molecule has 0 bridgehead atoms. The van der Waals surface area contributed by atoms with Crippen molar-refractivity contribution in [1.29, 1.82) is 0 Å². The summed E-state index contributed by atoms with van der Waals surface area (Å²) < 4.78 is 11.5. The van der Waals surface area contributed by atoms with Gasteiger partial charge in [-0.05, 0) is 19.9 Å². The van der Waals surface area contributed by atoms with E-state index in [4.69, 9.17) is 9.15 Å². The van der Waals surface area contributed by atoms with Crippen LogP contribution >= 0.6 is 12.4 Å². The third kappa shape index (κ3) is 4.05. The lowest BCUT2D eigenvalue weighted by atomic mass is 10.0. The van der Waals surface area contributed by atoms with Crippen molar-refractivity contribution in [3.63, 3.8) is 0 Å². The molecule has 2 aromatic rings. The first-order chi connectivity index (χ1) is 10.6. The highest BCUT2D eigenvalue weighted by Crippen LogP contribution is 2.27. The fourth-order valence-electron chi connectivity index (χ4n) is 2.49. The van der Waals surface area contributed by atoms with Gasteiger partial charge >= 0.3 is 0 Å². The summed E-state index contributed by atoms with van der Waals surface area (Å²) in [6, 6.07) is 7.68. The summed E-state index contributed by atoms with van der Waals surface area (Å²) in [5.41, 5.74) is 1.55. The van der Waals surface area contributed by atoms with Crippen LogP contribution in [0.3, 0.4) is 0 Å². The molecule has 23 heavy (non-hydrogen) atoms. The third-order valence-corrected chi connectivity index (χ3v) is 3.88. The van der Waals surface area contributed by atoms with Gasteiger partial charge in [0.05, 0.1) is 12.7 Å². The highest BCUT2D eigenvalue weighted by atomic mass is 35.5. The first kappa shape index (κ1) is 17.8. The predicted octanol–water partition coefficient (Wildman–Crippen LogP) is 2.73. The smallest absolute Gasteiger partial charge is 0.287 e. The second-order valence-corrected chi connectivity index (χ2v) is 6.00. The molecule has 3 rings (SSSR count). The van der Waals surface area contributed by atoms with Gasteiger partial charge in [-0.1, -0.05) is 18.2 Å². The fourth-order valence-corrected chi connectivity index (χ4v) is 2.49. The summed E-state index contributed by atoms with van der Waals surface area (Å²) >= 11 is 0. The maximum absolute atomic E-state index is 12.4. The lowest BCUT2D eigenvalue weighted by Gasteiger charge is -2.26. The van der Waals surface area contributed by atoms with E-state index in [-0.39, 0.29) is 24.4 Å². The van der Waals surface area contributed by atoms with E-state index < -0.39 is 0 Å². The van der Waals surface area contributed by atoms with E-state index in [0.717, 1.165) is 29.6 Å². The first-order valence-corrected chi connectivity index (χ1v) is 7.76. The van der Waals surface area contributed by atoms with Gasteiger partial charge in [0, 0.05) is 36.5 Å². The van der Waals surface area contributed by atoms with E-state index in [2.05, 4.69) is 10.6 Å². The molecule has 0 spiro atoms. The number of rotatable bonds is 6. The van der Waals surface area contributed by atoms with Gasteiger partial charge in [0.25, 0.3) is 5.91 Å². The number of ether oxygens (including phenoxy) is 1. The summed E-state index contributed by atoms with van der Waals surface area (Å²) in [7, 11) is 0. The normalized spacial score (nSPS) is 14.6. The van der Waals surface area contributed by atoms with Crippen LogP contribution in [-0.2, 0) is 11.3 Å². The number of furan rings is 1. The van der Waals surface area contributed by atoms with Crippen molar-refractivity contribution < 1.29 is 13.9 Å². The summed E-state index contributed by atoms with van der Waals surface area (Å²) in [4.78, 5) is 12.4. The van der Waals surface area contributed by atoms with Gasteiger partial charge in [-0.15, -0.1) is 12.4 Å². The Labute approximate surface area is 142 Å². The molecule has 1 saturated heterocycles. The van der Waals surface area contributed by atoms with Gasteiger partial charge < -0.3 is 19.8 Å². The van der Waals surface area contributed by atoms with Crippen molar-refractivity contribution in [2.45, 2.75) is 26.6 Å². The van der Waals surface area contributed by atoms with Crippen LogP contribution in [0.5, 0.6) is 0 Å². The number of carbonyl (C=O) groups excluding carboxylic acids is 1. The summed E-state index contributed by atoms with van der Waals surface area (Å²) in [6.45, 7) is 6.93. The van der Waals surface area contributed by atoms with Gasteiger partial charge in [0.15, 0.2) is 5.76 Å². The van der Waals surface area contributed by atoms with Crippen LogP contribution in [0, 0.1) is 5.92 Å². The van der Waals surface area contributed by atoms with Crippen LogP contribution in [0.15, 0.2) is 28.7 Å². The minimum Gasteiger partial charge on any atom is -0.451 e. The molecule has 126 valence electrons. The summed E-state index contributed by atoms with van der Waals surface area (Å²) in [5.74, 6) is 0.725. The molecule has 0 unspecified atom stereocenters. The highest BCUT2D eigenvalue weighted by Gasteiger charge is 2.23. The number of fused-ring (bicyclic) bond motifs is 1. The van der Waals surface area contributed by atoms with Crippen LogP contribution in [0.25, 0.3) is 11.0 Å². The van der Waals surface area contributed by atoms with Crippen LogP contribution in [-0.4, -0.2) is 31.6 Å². The number of hydrogen-bond donors (Lipinski definition) is 2. The zero-order valence-corrected chi connectivity index (χ0v) is 14.2. The van der Waals surface area contributed by atoms with Crippen molar-refractivity contribution in [3.05, 3.63) is 35.6 Å². The van der Waals surface area contributed by atoms with E-state index >= 15 is 0 Å². The van der Waals surface area contributed by atoms with Gasteiger partial charge in [-0.3, -0.25) is 4.79 Å². The van der Waals surface area contributed by atoms with E-state index in [1.807, 2.05) is 38.1 Å². The number of nitrogens with one attached hydrogen (secondary N) is 2. The molecule has 1 amide bonds. The molecule has 5 nitrogen and oxygen atoms in total. The molecule has 0 radical (unpaired) electrons. The molecule has 6 heteroatoms. The SMILES string of the molecule is CC(C)OCc1c(C(=O)NCC2CNC2)oc2ccccc12.Cl. The molecule has 0 saturated carbocycles. The topological polar surface area (TPSA) is 63.5 Å². The number of benzene rings is 1. The van der Waals surface area contributed by atoms with Crippen LogP contribution in [0.1, 0.15) is 30.0 Å². The Bertz CT molecular complexity index is 665. The molecule has 2 N–H and O–H groups in total. The Morgan fingerprint density at radius 3 is 2.78 bits per heavy atom. The zero-order valence-electron chi connectivity index (χ0n) is 13.4. The van der Waals surface area contributed by atoms with Gasteiger partial charge in [0.1, 0.15) is 5.58 Å². The number of para-hydroxylation sites is 1. The average molecular weight is 339 g/mol. The van der Waals surface area contributed by atoms with Crippen LogP contribution in [0.2, 0.25) is 0 Å². The quantitative estimate of drug-likeness (QED) is 0.850. The number of hydrogen-bond acceptors (Lipinski definition) is 4. The monoisotopic (exact) mass is 338 g/mol. The maximum Gasteiger partial charge on any atom is 0.287 e. The average Bonchev–Trinajstić information content (AvgIpc) is 2.82. The molecular weight excluding hydrogens is 316 g/mol. The Morgan fingerprint density at radius 2 is 2.13 bits per heavy atom. The molecule has 0 atom stereocenters. The van der Waals surface area contributed by atoms with Gasteiger partial charge in [0.2, 0.25) is 0 Å². The first-order valence-electron chi connectivity index (χ1n) is 7.76. The molecule has 1 aliphatic rings. The largest absolute Gasteiger partial charge is 0.451 e. The Kier molecular flexibility index (Phi) is 6.04. The van der Waals surface area contributed by atoms with Crippen LogP contribution in [0.4, 0.5) is 0 Å². The van der Waals surface area contributed by atoms with Crippen molar-refractivity contribution in [2.24, 2.45) is 5.92 Å². The number of halogens is 1. The van der Waals surface area contributed by atoms with E-state index in [0.29, 0.717) is 24.8 Å². The Morgan fingerprint density at radius 1 is 1.39 bits per heavy atom. The molecule has 0 aliphatic carbocycles. The second kappa shape index (κ2) is 7.81. The van der Waals surface area contributed by atoms with Gasteiger partial charge in [-0.25, -0.2) is 0 Å². The maximum atomic E-state index is 12.4. The lowest BCUT2D eigenvalue weighted by Crippen LogP contribution is -2.48. The van der Waals surface area contributed by atoms with E-state index in [9.17, 15) is 4.79 Å². The third-order valence-electron chi connectivity index (χ3n) is 3.88. The number of carbonyl (C=O) groups is 1. The molecular formula is C17H23ClN2O3. The van der Waals surface area contributed by atoms with Crippen molar-refractivity contribution in [1.82, 2.24) is 10.6 Å². The molecule has 1 aliphatic heterocycles. The van der Waals surface area contributed by atoms with E-state index in [1.165, 1.54) is 0 Å². The standard InChI is InChI=1S/C17H22N2O3.ClH/c1-11(2)21-10-14-13-5-3-4-6-15(13)22-16(14)17(20)19-9-12-7-18-8-12;/h3-6,11-12,18H,7-10H2,1-2H3,(H,19,20);1H. The fraction of sp³-hybridized carbons (Fsp3) is 0.471. The Balaban J connectivity index is 0.00000192. The molecule has 1 aromatic heterocycles. The highest BCUT2D eigenvalue weighted by molar-refractivity contribution is 5.99. The molecule has 2 heterocycles. The second-order valence-electron chi connectivity index (χ2n) is 6.00. The predicted molar refractivity (Wildman–Crippen MR) is 92.1 cm³/mol. The molecule has 1 fully saturated rings. The van der Waals surface area contributed by atoms with Gasteiger partial charge in [-0.2, -0.15) is 0 Å². The molecule has 1 aromatic carbocycles. The minimum atomic E-state index is -0.162.